The number of anilines is 1. The lowest BCUT2D eigenvalue weighted by atomic mass is 10.1. The van der Waals surface area contributed by atoms with Gasteiger partial charge in [0.25, 0.3) is 0 Å². The normalized spacial score (nSPS) is 11.8. The van der Waals surface area contributed by atoms with Gasteiger partial charge in [0.2, 0.25) is 0 Å². The van der Waals surface area contributed by atoms with E-state index in [1.165, 1.54) is 0 Å². The number of nitrogens with one attached hydrogen (secondary N) is 1. The maximum absolute atomic E-state index is 12.3. The average molecular weight is 348 g/mol. The monoisotopic (exact) mass is 347 g/mol. The van der Waals surface area contributed by atoms with Crippen molar-refractivity contribution in [2.24, 2.45) is 0 Å². The maximum atomic E-state index is 12.3. The number of ether oxygens (including phenoxy) is 1. The number of carbonyl (C=O) groups excluding carboxylic acids is 1. The first kappa shape index (κ1) is 15.6. The van der Waals surface area contributed by atoms with E-state index >= 15 is 0 Å². The van der Waals surface area contributed by atoms with E-state index in [4.69, 9.17) is 4.74 Å². The number of para-hydroxylation sites is 1. The Labute approximate surface area is 133 Å². The molecule has 0 aromatic heterocycles. The summed E-state index contributed by atoms with van der Waals surface area (Å²) in [6, 6.07) is 15.0. The van der Waals surface area contributed by atoms with Crippen molar-refractivity contribution in [2.45, 2.75) is 19.9 Å². The largest absolute Gasteiger partial charge is 0.464 e. The Morgan fingerprint density at radius 3 is 2.52 bits per heavy atom. The molecule has 0 radical (unpaired) electrons. The predicted molar refractivity (Wildman–Crippen MR) is 88.3 cm³/mol. The summed E-state index contributed by atoms with van der Waals surface area (Å²) >= 11 is 3.50. The second-order valence-corrected chi connectivity index (χ2v) is 5.52. The Morgan fingerprint density at radius 1 is 1.19 bits per heavy atom. The van der Waals surface area contributed by atoms with Gasteiger partial charge in [-0.1, -0.05) is 52.3 Å². The summed E-state index contributed by atoms with van der Waals surface area (Å²) in [7, 11) is 0. The van der Waals surface area contributed by atoms with Crippen LogP contribution in [0.15, 0.2) is 53.0 Å². The molecule has 2 rings (SSSR count). The topological polar surface area (TPSA) is 38.3 Å². The summed E-state index contributed by atoms with van der Waals surface area (Å²) in [5.74, 6) is -0.285. The zero-order valence-corrected chi connectivity index (χ0v) is 13.7. The molecular formula is C17H18BrNO2. The van der Waals surface area contributed by atoms with E-state index in [2.05, 4.69) is 21.2 Å². The Balaban J connectivity index is 2.36. The van der Waals surface area contributed by atoms with Crippen LogP contribution in [0.25, 0.3) is 0 Å². The van der Waals surface area contributed by atoms with E-state index in [9.17, 15) is 4.79 Å². The molecule has 0 bridgehead atoms. The molecule has 1 atom stereocenters. The molecule has 4 heteroatoms. The van der Waals surface area contributed by atoms with Crippen LogP contribution in [0.1, 0.15) is 24.1 Å². The van der Waals surface area contributed by atoms with Gasteiger partial charge >= 0.3 is 5.97 Å². The zero-order valence-electron chi connectivity index (χ0n) is 12.1. The third-order valence-electron chi connectivity index (χ3n) is 3.18. The molecule has 0 aliphatic heterocycles. The quantitative estimate of drug-likeness (QED) is 0.810. The van der Waals surface area contributed by atoms with Crippen molar-refractivity contribution < 1.29 is 9.53 Å². The van der Waals surface area contributed by atoms with Crippen LogP contribution >= 0.6 is 15.9 Å². The summed E-state index contributed by atoms with van der Waals surface area (Å²) in [5, 5.41) is 3.28. The zero-order chi connectivity index (χ0) is 15.2. The standard InChI is InChI=1S/C17H18BrNO2/c1-3-21-17(20)16(13-9-5-6-10-14(13)18)19-15-11-7-4-8-12(15)2/h4-11,16,19H,3H2,1-2H3. The van der Waals surface area contributed by atoms with Gasteiger partial charge in [0.15, 0.2) is 6.04 Å². The van der Waals surface area contributed by atoms with Gasteiger partial charge in [-0.25, -0.2) is 4.79 Å². The highest BCUT2D eigenvalue weighted by Gasteiger charge is 2.24. The Hall–Kier alpha value is -1.81. The summed E-state index contributed by atoms with van der Waals surface area (Å²) in [4.78, 5) is 12.3. The van der Waals surface area contributed by atoms with E-state index in [0.717, 1.165) is 21.3 Å². The second kappa shape index (κ2) is 7.27. The molecule has 0 aliphatic rings. The number of aryl methyl sites for hydroxylation is 1. The number of esters is 1. The first-order valence-corrected chi connectivity index (χ1v) is 7.66. The fourth-order valence-electron chi connectivity index (χ4n) is 2.09. The molecule has 0 spiro atoms. The lowest BCUT2D eigenvalue weighted by Crippen LogP contribution is -2.24. The predicted octanol–water partition coefficient (Wildman–Crippen LogP) is 4.47. The average Bonchev–Trinajstić information content (AvgIpc) is 2.48. The van der Waals surface area contributed by atoms with Gasteiger partial charge in [0, 0.05) is 10.2 Å². The molecule has 0 saturated carbocycles. The van der Waals surface area contributed by atoms with Crippen molar-refractivity contribution in [2.75, 3.05) is 11.9 Å². The lowest BCUT2D eigenvalue weighted by Gasteiger charge is -2.21. The molecule has 1 N–H and O–H groups in total. The molecule has 2 aromatic rings. The molecular weight excluding hydrogens is 330 g/mol. The third-order valence-corrected chi connectivity index (χ3v) is 3.91. The molecule has 1 unspecified atom stereocenters. The van der Waals surface area contributed by atoms with Crippen LogP contribution in [-0.2, 0) is 9.53 Å². The first-order valence-electron chi connectivity index (χ1n) is 6.86. The van der Waals surface area contributed by atoms with E-state index in [0.29, 0.717) is 6.61 Å². The van der Waals surface area contributed by atoms with Crippen molar-refractivity contribution in [3.05, 3.63) is 64.1 Å². The van der Waals surface area contributed by atoms with Crippen LogP contribution in [0.5, 0.6) is 0 Å². The minimum absolute atomic E-state index is 0.285. The Bertz CT molecular complexity index is 628. The number of hydrogen-bond acceptors (Lipinski definition) is 3. The van der Waals surface area contributed by atoms with E-state index in [1.807, 2.05) is 62.4 Å². The SMILES string of the molecule is CCOC(=O)C(Nc1ccccc1C)c1ccccc1Br. The minimum atomic E-state index is -0.540. The van der Waals surface area contributed by atoms with E-state index in [-0.39, 0.29) is 5.97 Å². The number of benzene rings is 2. The molecule has 0 fully saturated rings. The van der Waals surface area contributed by atoms with Crippen LogP contribution < -0.4 is 5.32 Å². The molecule has 0 aliphatic carbocycles. The number of halogens is 1. The van der Waals surface area contributed by atoms with Crippen molar-refractivity contribution in [3.8, 4) is 0 Å². The fraction of sp³-hybridized carbons (Fsp3) is 0.235. The molecule has 0 saturated heterocycles. The number of carbonyl (C=O) groups is 1. The van der Waals surface area contributed by atoms with E-state index in [1.54, 1.807) is 0 Å². The highest BCUT2D eigenvalue weighted by Crippen LogP contribution is 2.28. The summed E-state index contributed by atoms with van der Waals surface area (Å²) in [5.41, 5.74) is 2.87. The van der Waals surface area contributed by atoms with Gasteiger partial charge in [0.05, 0.1) is 6.61 Å². The maximum Gasteiger partial charge on any atom is 0.333 e. The molecule has 2 aromatic carbocycles. The minimum Gasteiger partial charge on any atom is -0.464 e. The van der Waals surface area contributed by atoms with Gasteiger partial charge in [-0.2, -0.15) is 0 Å². The van der Waals surface area contributed by atoms with Gasteiger partial charge in [0.1, 0.15) is 0 Å². The highest BCUT2D eigenvalue weighted by molar-refractivity contribution is 9.10. The summed E-state index contributed by atoms with van der Waals surface area (Å²) in [6.45, 7) is 4.17. The molecule has 110 valence electrons. The van der Waals surface area contributed by atoms with Crippen molar-refractivity contribution >= 4 is 27.6 Å². The highest BCUT2D eigenvalue weighted by atomic mass is 79.9. The van der Waals surface area contributed by atoms with Gasteiger partial charge in [-0.05, 0) is 37.1 Å². The number of hydrogen-bond donors (Lipinski definition) is 1. The Morgan fingerprint density at radius 2 is 1.86 bits per heavy atom. The molecule has 3 nitrogen and oxygen atoms in total. The second-order valence-electron chi connectivity index (χ2n) is 4.67. The van der Waals surface area contributed by atoms with Crippen LogP contribution in [0.4, 0.5) is 5.69 Å². The van der Waals surface area contributed by atoms with Crippen LogP contribution in [0, 0.1) is 6.92 Å². The fourth-order valence-corrected chi connectivity index (χ4v) is 2.60. The summed E-state index contributed by atoms with van der Waals surface area (Å²) < 4.78 is 6.08. The van der Waals surface area contributed by atoms with Gasteiger partial charge in [-0.3, -0.25) is 0 Å². The summed E-state index contributed by atoms with van der Waals surface area (Å²) in [6.07, 6.45) is 0. The van der Waals surface area contributed by atoms with Crippen molar-refractivity contribution in [3.63, 3.8) is 0 Å². The first-order chi connectivity index (χ1) is 10.1. The van der Waals surface area contributed by atoms with Crippen molar-refractivity contribution in [1.82, 2.24) is 0 Å². The van der Waals surface area contributed by atoms with Crippen LogP contribution in [0.2, 0.25) is 0 Å². The molecule has 0 amide bonds. The molecule has 21 heavy (non-hydrogen) atoms. The number of rotatable bonds is 5. The third kappa shape index (κ3) is 3.85. The smallest absolute Gasteiger partial charge is 0.333 e. The van der Waals surface area contributed by atoms with E-state index < -0.39 is 6.04 Å². The Kier molecular flexibility index (Phi) is 5.39. The van der Waals surface area contributed by atoms with Crippen LogP contribution in [-0.4, -0.2) is 12.6 Å². The lowest BCUT2D eigenvalue weighted by molar-refractivity contribution is -0.144. The van der Waals surface area contributed by atoms with Crippen LogP contribution in [0.3, 0.4) is 0 Å². The van der Waals surface area contributed by atoms with Crippen molar-refractivity contribution in [1.29, 1.82) is 0 Å². The van der Waals surface area contributed by atoms with Gasteiger partial charge < -0.3 is 10.1 Å². The molecule has 0 heterocycles. The van der Waals surface area contributed by atoms with Gasteiger partial charge in [-0.15, -0.1) is 0 Å².